The van der Waals surface area contributed by atoms with Crippen LogP contribution in [0.1, 0.15) is 17.7 Å². The van der Waals surface area contributed by atoms with Crippen molar-refractivity contribution in [2.75, 3.05) is 13.1 Å². The van der Waals surface area contributed by atoms with E-state index in [-0.39, 0.29) is 18.4 Å². The Labute approximate surface area is 126 Å². The number of halogens is 2. The van der Waals surface area contributed by atoms with E-state index >= 15 is 0 Å². The molecule has 1 aliphatic rings. The molecule has 1 fully saturated rings. The van der Waals surface area contributed by atoms with Crippen molar-refractivity contribution in [2.45, 2.75) is 30.7 Å². The average molecular weight is 376 g/mol. The highest BCUT2D eigenvalue weighted by Gasteiger charge is 2.35. The number of sulfonamides is 1. The summed E-state index contributed by atoms with van der Waals surface area (Å²) in [6, 6.07) is 1.64. The summed E-state index contributed by atoms with van der Waals surface area (Å²) in [6.07, 6.45) is 1.76. The SMILES string of the molecule is Cc1sc(Br)cc1S(=O)(=O)N1CCCC1CN.Cl. The zero-order chi connectivity index (χ0) is 12.6. The highest BCUT2D eigenvalue weighted by molar-refractivity contribution is 9.11. The van der Waals surface area contributed by atoms with Gasteiger partial charge in [-0.1, -0.05) is 0 Å². The molecule has 4 nitrogen and oxygen atoms in total. The largest absolute Gasteiger partial charge is 0.329 e. The van der Waals surface area contributed by atoms with E-state index in [2.05, 4.69) is 15.9 Å². The van der Waals surface area contributed by atoms with Crippen LogP contribution in [-0.2, 0) is 10.0 Å². The quantitative estimate of drug-likeness (QED) is 0.882. The van der Waals surface area contributed by atoms with Gasteiger partial charge in [0.05, 0.1) is 8.68 Å². The first-order valence-electron chi connectivity index (χ1n) is 5.44. The Balaban J connectivity index is 0.00000162. The van der Waals surface area contributed by atoms with Crippen LogP contribution < -0.4 is 5.73 Å². The van der Waals surface area contributed by atoms with E-state index in [0.717, 1.165) is 21.5 Å². The van der Waals surface area contributed by atoms with Crippen LogP contribution >= 0.6 is 39.7 Å². The molecule has 1 saturated heterocycles. The van der Waals surface area contributed by atoms with Gasteiger partial charge in [-0.15, -0.1) is 23.7 Å². The lowest BCUT2D eigenvalue weighted by Gasteiger charge is -2.22. The number of nitrogens with zero attached hydrogens (tertiary/aromatic N) is 1. The van der Waals surface area contributed by atoms with Gasteiger partial charge in [-0.3, -0.25) is 0 Å². The third-order valence-corrected chi connectivity index (χ3v) is 6.78. The van der Waals surface area contributed by atoms with Crippen molar-refractivity contribution in [3.63, 3.8) is 0 Å². The molecule has 2 N–H and O–H groups in total. The van der Waals surface area contributed by atoms with Gasteiger partial charge in [0, 0.05) is 24.0 Å². The molecule has 1 aromatic heterocycles. The molecule has 0 amide bonds. The smallest absolute Gasteiger partial charge is 0.244 e. The Morgan fingerprint density at radius 2 is 2.28 bits per heavy atom. The minimum absolute atomic E-state index is 0. The average Bonchev–Trinajstić information content (AvgIpc) is 2.84. The fourth-order valence-corrected chi connectivity index (χ4v) is 6.26. The topological polar surface area (TPSA) is 63.4 Å². The maximum absolute atomic E-state index is 12.5. The van der Waals surface area contributed by atoms with E-state index < -0.39 is 10.0 Å². The van der Waals surface area contributed by atoms with E-state index in [0.29, 0.717) is 18.0 Å². The number of hydrogen-bond donors (Lipinski definition) is 1. The van der Waals surface area contributed by atoms with Crippen molar-refractivity contribution in [3.8, 4) is 0 Å². The number of hydrogen-bond acceptors (Lipinski definition) is 4. The zero-order valence-corrected chi connectivity index (χ0v) is 14.0. The molecule has 2 rings (SSSR count). The molecular formula is C10H16BrClN2O2S2. The molecule has 0 aromatic carbocycles. The molecule has 104 valence electrons. The third-order valence-electron chi connectivity index (χ3n) is 3.02. The monoisotopic (exact) mass is 374 g/mol. The van der Waals surface area contributed by atoms with Crippen LogP contribution in [0, 0.1) is 6.92 Å². The molecule has 18 heavy (non-hydrogen) atoms. The maximum atomic E-state index is 12.5. The van der Waals surface area contributed by atoms with Crippen molar-refractivity contribution in [3.05, 3.63) is 14.7 Å². The Kier molecular flexibility index (Phi) is 5.64. The predicted molar refractivity (Wildman–Crippen MR) is 80.0 cm³/mol. The van der Waals surface area contributed by atoms with Gasteiger partial charge < -0.3 is 5.73 Å². The summed E-state index contributed by atoms with van der Waals surface area (Å²) in [5.74, 6) is 0. The fourth-order valence-electron chi connectivity index (χ4n) is 2.17. The molecule has 1 aliphatic heterocycles. The van der Waals surface area contributed by atoms with E-state index in [1.807, 2.05) is 6.92 Å². The summed E-state index contributed by atoms with van der Waals surface area (Å²) >= 11 is 4.77. The van der Waals surface area contributed by atoms with Crippen LogP contribution in [0.5, 0.6) is 0 Å². The summed E-state index contributed by atoms with van der Waals surface area (Å²) in [7, 11) is -3.38. The first kappa shape index (κ1) is 16.4. The predicted octanol–water partition coefficient (Wildman–Crippen LogP) is 2.35. The van der Waals surface area contributed by atoms with Crippen LogP contribution in [0.15, 0.2) is 14.7 Å². The lowest BCUT2D eigenvalue weighted by atomic mass is 10.2. The van der Waals surface area contributed by atoms with Gasteiger partial charge in [0.25, 0.3) is 0 Å². The third kappa shape index (κ3) is 2.91. The van der Waals surface area contributed by atoms with Gasteiger partial charge in [-0.2, -0.15) is 4.31 Å². The minimum Gasteiger partial charge on any atom is -0.329 e. The van der Waals surface area contributed by atoms with Gasteiger partial charge in [0.15, 0.2) is 0 Å². The lowest BCUT2D eigenvalue weighted by molar-refractivity contribution is 0.393. The molecule has 1 atom stereocenters. The van der Waals surface area contributed by atoms with E-state index in [1.165, 1.54) is 11.3 Å². The standard InChI is InChI=1S/C10H15BrN2O2S2.ClH/c1-7-9(5-10(11)16-7)17(14,15)13-4-2-3-8(13)6-12;/h5,8H,2-4,6,12H2,1H3;1H. The zero-order valence-electron chi connectivity index (χ0n) is 9.93. The minimum atomic E-state index is -3.38. The van der Waals surface area contributed by atoms with Crippen LogP contribution in [-0.4, -0.2) is 31.9 Å². The van der Waals surface area contributed by atoms with Gasteiger partial charge in [-0.05, 0) is 41.8 Å². The molecular weight excluding hydrogens is 360 g/mol. The summed E-state index contributed by atoms with van der Waals surface area (Å²) < 4.78 is 27.4. The van der Waals surface area contributed by atoms with Crippen molar-refractivity contribution < 1.29 is 8.42 Å². The van der Waals surface area contributed by atoms with Crippen molar-refractivity contribution >= 4 is 49.7 Å². The molecule has 1 aromatic rings. The lowest BCUT2D eigenvalue weighted by Crippen LogP contribution is -2.39. The molecule has 8 heteroatoms. The molecule has 2 heterocycles. The maximum Gasteiger partial charge on any atom is 0.244 e. The molecule has 0 radical (unpaired) electrons. The van der Waals surface area contributed by atoms with Crippen LogP contribution in [0.25, 0.3) is 0 Å². The van der Waals surface area contributed by atoms with Crippen molar-refractivity contribution in [1.82, 2.24) is 4.31 Å². The summed E-state index contributed by atoms with van der Waals surface area (Å²) in [6.45, 7) is 2.80. The summed E-state index contributed by atoms with van der Waals surface area (Å²) in [5.41, 5.74) is 5.63. The highest BCUT2D eigenvalue weighted by atomic mass is 79.9. The Morgan fingerprint density at radius 3 is 2.78 bits per heavy atom. The Morgan fingerprint density at radius 1 is 1.61 bits per heavy atom. The fraction of sp³-hybridized carbons (Fsp3) is 0.600. The number of aryl methyl sites for hydroxylation is 1. The van der Waals surface area contributed by atoms with Crippen LogP contribution in [0.2, 0.25) is 0 Å². The second-order valence-electron chi connectivity index (χ2n) is 4.12. The second kappa shape index (κ2) is 6.19. The van der Waals surface area contributed by atoms with Crippen molar-refractivity contribution in [2.24, 2.45) is 5.73 Å². The first-order valence-corrected chi connectivity index (χ1v) is 8.49. The highest BCUT2D eigenvalue weighted by Crippen LogP contribution is 2.34. The number of thiophene rings is 1. The molecule has 1 unspecified atom stereocenters. The molecule has 0 bridgehead atoms. The van der Waals surface area contributed by atoms with Gasteiger partial charge in [0.2, 0.25) is 10.0 Å². The molecule has 0 spiro atoms. The van der Waals surface area contributed by atoms with Gasteiger partial charge >= 0.3 is 0 Å². The summed E-state index contributed by atoms with van der Waals surface area (Å²) in [4.78, 5) is 1.23. The van der Waals surface area contributed by atoms with Gasteiger partial charge in [-0.25, -0.2) is 8.42 Å². The van der Waals surface area contributed by atoms with Gasteiger partial charge in [0.1, 0.15) is 0 Å². The Hall–Kier alpha value is 0.340. The van der Waals surface area contributed by atoms with Crippen LogP contribution in [0.3, 0.4) is 0 Å². The van der Waals surface area contributed by atoms with Crippen LogP contribution in [0.4, 0.5) is 0 Å². The first-order chi connectivity index (χ1) is 7.96. The second-order valence-corrected chi connectivity index (χ2v) is 8.61. The number of rotatable bonds is 3. The Bertz CT molecular complexity index is 518. The number of nitrogens with two attached hydrogens (primary N) is 1. The van der Waals surface area contributed by atoms with E-state index in [1.54, 1.807) is 10.4 Å². The molecule has 0 aliphatic carbocycles. The molecule has 0 saturated carbocycles. The van der Waals surface area contributed by atoms with E-state index in [9.17, 15) is 8.42 Å². The normalized spacial score (nSPS) is 20.9. The van der Waals surface area contributed by atoms with Crippen molar-refractivity contribution in [1.29, 1.82) is 0 Å². The summed E-state index contributed by atoms with van der Waals surface area (Å²) in [5, 5.41) is 0. The van der Waals surface area contributed by atoms with E-state index in [4.69, 9.17) is 5.73 Å².